The Morgan fingerprint density at radius 3 is 2.47 bits per heavy atom. The second-order valence-electron chi connectivity index (χ2n) is 4.37. The van der Waals surface area contributed by atoms with Gasteiger partial charge in [0.05, 0.1) is 12.7 Å². The van der Waals surface area contributed by atoms with E-state index in [9.17, 15) is 5.11 Å². The monoisotopic (exact) mass is 218 g/mol. The summed E-state index contributed by atoms with van der Waals surface area (Å²) < 4.78 is 5.06. The van der Waals surface area contributed by atoms with E-state index in [4.69, 9.17) is 10.5 Å². The van der Waals surface area contributed by atoms with Crippen molar-refractivity contribution in [2.75, 3.05) is 39.9 Å². The van der Waals surface area contributed by atoms with E-state index in [1.54, 1.807) is 7.11 Å². The molecule has 0 aromatic heterocycles. The number of nitrogens with zero attached hydrogens (tertiary/aromatic N) is 1. The molecule has 0 aliphatic heterocycles. The van der Waals surface area contributed by atoms with Crippen LogP contribution in [-0.4, -0.2) is 56.0 Å². The third kappa shape index (κ3) is 8.81. The average Bonchev–Trinajstić information content (AvgIpc) is 2.20. The summed E-state index contributed by atoms with van der Waals surface area (Å²) in [7, 11) is 1.71. The lowest BCUT2D eigenvalue weighted by molar-refractivity contribution is 0.114. The van der Waals surface area contributed by atoms with E-state index >= 15 is 0 Å². The van der Waals surface area contributed by atoms with Crippen molar-refractivity contribution in [3.8, 4) is 0 Å². The molecule has 0 saturated carbocycles. The summed E-state index contributed by atoms with van der Waals surface area (Å²) in [6.07, 6.45) is 0.370. The first-order valence-electron chi connectivity index (χ1n) is 5.69. The standard InChI is InChI=1S/C11H26N2O2/c1-10(2)9-13(6-7-15-3)5-4-11(14)8-12/h10-11,14H,4-9,12H2,1-3H3. The second-order valence-corrected chi connectivity index (χ2v) is 4.37. The molecular formula is C11H26N2O2. The molecule has 0 spiro atoms. The first kappa shape index (κ1) is 14.8. The number of aliphatic hydroxyl groups is 1. The molecule has 0 amide bonds. The van der Waals surface area contributed by atoms with Crippen LogP contribution in [0.4, 0.5) is 0 Å². The fourth-order valence-electron chi connectivity index (χ4n) is 1.48. The summed E-state index contributed by atoms with van der Waals surface area (Å²) in [6, 6.07) is 0. The largest absolute Gasteiger partial charge is 0.392 e. The van der Waals surface area contributed by atoms with Crippen LogP contribution in [0, 0.1) is 5.92 Å². The average molecular weight is 218 g/mol. The van der Waals surface area contributed by atoms with E-state index in [-0.39, 0.29) is 6.10 Å². The van der Waals surface area contributed by atoms with Crippen LogP contribution in [0.15, 0.2) is 0 Å². The number of rotatable bonds is 9. The van der Waals surface area contributed by atoms with Gasteiger partial charge in [0.2, 0.25) is 0 Å². The van der Waals surface area contributed by atoms with Gasteiger partial charge in [-0.25, -0.2) is 0 Å². The second kappa shape index (κ2) is 9.09. The van der Waals surface area contributed by atoms with Gasteiger partial charge in [-0.1, -0.05) is 13.8 Å². The lowest BCUT2D eigenvalue weighted by atomic mass is 10.2. The van der Waals surface area contributed by atoms with E-state index in [0.29, 0.717) is 12.5 Å². The van der Waals surface area contributed by atoms with Crippen LogP contribution >= 0.6 is 0 Å². The highest BCUT2D eigenvalue weighted by Gasteiger charge is 2.09. The Balaban J connectivity index is 3.78. The van der Waals surface area contributed by atoms with E-state index in [2.05, 4.69) is 18.7 Å². The number of nitrogens with two attached hydrogens (primary N) is 1. The minimum Gasteiger partial charge on any atom is -0.392 e. The molecule has 1 atom stereocenters. The van der Waals surface area contributed by atoms with Gasteiger partial charge in [0.1, 0.15) is 0 Å². The number of aliphatic hydroxyl groups excluding tert-OH is 1. The van der Waals surface area contributed by atoms with Crippen LogP contribution in [0.2, 0.25) is 0 Å². The van der Waals surface area contributed by atoms with Gasteiger partial charge in [0, 0.05) is 33.3 Å². The first-order valence-corrected chi connectivity index (χ1v) is 5.69. The topological polar surface area (TPSA) is 58.7 Å². The third-order valence-electron chi connectivity index (χ3n) is 2.29. The zero-order chi connectivity index (χ0) is 11.7. The smallest absolute Gasteiger partial charge is 0.0674 e. The van der Waals surface area contributed by atoms with Crippen molar-refractivity contribution in [3.05, 3.63) is 0 Å². The van der Waals surface area contributed by atoms with Crippen molar-refractivity contribution in [2.45, 2.75) is 26.4 Å². The van der Waals surface area contributed by atoms with Crippen molar-refractivity contribution < 1.29 is 9.84 Å². The maximum atomic E-state index is 9.38. The minimum absolute atomic E-state index is 0.347. The highest BCUT2D eigenvalue weighted by molar-refractivity contribution is 4.64. The SMILES string of the molecule is COCCN(CCC(O)CN)CC(C)C. The first-order chi connectivity index (χ1) is 7.10. The van der Waals surface area contributed by atoms with E-state index in [1.165, 1.54) is 0 Å². The molecule has 0 aromatic rings. The molecule has 4 heteroatoms. The Kier molecular flexibility index (Phi) is 9.00. The Morgan fingerprint density at radius 2 is 2.00 bits per heavy atom. The highest BCUT2D eigenvalue weighted by Crippen LogP contribution is 2.01. The quantitative estimate of drug-likeness (QED) is 0.584. The molecule has 0 saturated heterocycles. The number of methoxy groups -OCH3 is 1. The minimum atomic E-state index is -0.373. The molecule has 0 heterocycles. The van der Waals surface area contributed by atoms with Crippen LogP contribution in [0.5, 0.6) is 0 Å². The summed E-state index contributed by atoms with van der Waals surface area (Å²) in [4.78, 5) is 2.31. The van der Waals surface area contributed by atoms with Crippen LogP contribution in [0.25, 0.3) is 0 Å². The van der Waals surface area contributed by atoms with Crippen molar-refractivity contribution in [1.82, 2.24) is 4.90 Å². The molecule has 0 radical (unpaired) electrons. The molecule has 0 aliphatic carbocycles. The predicted octanol–water partition coefficient (Wildman–Crippen LogP) is 0.301. The Hall–Kier alpha value is -0.160. The lowest BCUT2D eigenvalue weighted by Gasteiger charge is -2.24. The van der Waals surface area contributed by atoms with Crippen LogP contribution in [0.3, 0.4) is 0 Å². The Bertz CT molecular complexity index is 143. The van der Waals surface area contributed by atoms with E-state index in [0.717, 1.165) is 32.7 Å². The molecular weight excluding hydrogens is 192 g/mol. The van der Waals surface area contributed by atoms with Crippen molar-refractivity contribution in [3.63, 3.8) is 0 Å². The molecule has 3 N–H and O–H groups in total. The van der Waals surface area contributed by atoms with Gasteiger partial charge in [0.25, 0.3) is 0 Å². The number of hydrogen-bond donors (Lipinski definition) is 2. The number of ether oxygens (including phenoxy) is 1. The van der Waals surface area contributed by atoms with Crippen LogP contribution in [0.1, 0.15) is 20.3 Å². The lowest BCUT2D eigenvalue weighted by Crippen LogP contribution is -2.34. The third-order valence-corrected chi connectivity index (χ3v) is 2.29. The molecule has 4 nitrogen and oxygen atoms in total. The predicted molar refractivity (Wildman–Crippen MR) is 62.8 cm³/mol. The number of hydrogen-bond acceptors (Lipinski definition) is 4. The van der Waals surface area contributed by atoms with Crippen molar-refractivity contribution in [2.24, 2.45) is 11.7 Å². The van der Waals surface area contributed by atoms with Gasteiger partial charge in [0.15, 0.2) is 0 Å². The van der Waals surface area contributed by atoms with E-state index < -0.39 is 0 Å². The van der Waals surface area contributed by atoms with Gasteiger partial charge in [-0.05, 0) is 12.3 Å². The zero-order valence-electron chi connectivity index (χ0n) is 10.3. The normalized spacial score (nSPS) is 13.8. The maximum absolute atomic E-state index is 9.38. The molecule has 1 unspecified atom stereocenters. The van der Waals surface area contributed by atoms with Gasteiger partial charge >= 0.3 is 0 Å². The van der Waals surface area contributed by atoms with Crippen LogP contribution < -0.4 is 5.73 Å². The molecule has 0 aliphatic rings. The molecule has 0 bridgehead atoms. The summed E-state index contributed by atoms with van der Waals surface area (Å²) in [6.45, 7) is 8.33. The molecule has 0 aromatic carbocycles. The summed E-state index contributed by atoms with van der Waals surface area (Å²) in [5, 5.41) is 9.38. The van der Waals surface area contributed by atoms with E-state index in [1.807, 2.05) is 0 Å². The summed E-state index contributed by atoms with van der Waals surface area (Å²) >= 11 is 0. The summed E-state index contributed by atoms with van der Waals surface area (Å²) in [5.74, 6) is 0.636. The summed E-state index contributed by atoms with van der Waals surface area (Å²) in [5.41, 5.74) is 5.37. The molecule has 92 valence electrons. The molecule has 0 rings (SSSR count). The fourth-order valence-corrected chi connectivity index (χ4v) is 1.48. The fraction of sp³-hybridized carbons (Fsp3) is 1.00. The molecule has 0 fully saturated rings. The van der Waals surface area contributed by atoms with Crippen LogP contribution in [-0.2, 0) is 4.74 Å². The Morgan fingerprint density at radius 1 is 1.33 bits per heavy atom. The zero-order valence-corrected chi connectivity index (χ0v) is 10.3. The van der Waals surface area contributed by atoms with Gasteiger partial charge in [-0.2, -0.15) is 0 Å². The van der Waals surface area contributed by atoms with Crippen molar-refractivity contribution >= 4 is 0 Å². The highest BCUT2D eigenvalue weighted by atomic mass is 16.5. The molecule has 15 heavy (non-hydrogen) atoms. The van der Waals surface area contributed by atoms with Gasteiger partial charge in [-0.3, -0.25) is 0 Å². The van der Waals surface area contributed by atoms with Crippen molar-refractivity contribution in [1.29, 1.82) is 0 Å². The van der Waals surface area contributed by atoms with Gasteiger partial charge < -0.3 is 20.5 Å². The van der Waals surface area contributed by atoms with Gasteiger partial charge in [-0.15, -0.1) is 0 Å². The maximum Gasteiger partial charge on any atom is 0.0674 e. The Labute approximate surface area is 93.4 Å².